The largest absolute Gasteiger partial charge is 0.491 e. The van der Waals surface area contributed by atoms with E-state index in [0.29, 0.717) is 12.5 Å². The molecule has 5 heteroatoms. The predicted molar refractivity (Wildman–Crippen MR) is 90.9 cm³/mol. The van der Waals surface area contributed by atoms with E-state index in [1.54, 1.807) is 6.08 Å². The fourth-order valence-electron chi connectivity index (χ4n) is 1.91. The second kappa shape index (κ2) is 7.45. The molecule has 0 saturated heterocycles. The van der Waals surface area contributed by atoms with Crippen molar-refractivity contribution in [3.05, 3.63) is 48.7 Å². The molecular weight excluding hydrogens is 276 g/mol. The topological polar surface area (TPSA) is 59.1 Å². The molecule has 22 heavy (non-hydrogen) atoms. The molecule has 0 aliphatic carbocycles. The first-order chi connectivity index (χ1) is 10.6. The van der Waals surface area contributed by atoms with Crippen LogP contribution in [-0.4, -0.2) is 22.6 Å². The van der Waals surface area contributed by atoms with Gasteiger partial charge in [-0.3, -0.25) is 0 Å². The van der Waals surface area contributed by atoms with E-state index in [4.69, 9.17) is 4.74 Å². The van der Waals surface area contributed by atoms with E-state index in [0.717, 1.165) is 22.9 Å². The summed E-state index contributed by atoms with van der Waals surface area (Å²) in [5.74, 6) is 2.19. The van der Waals surface area contributed by atoms with Crippen molar-refractivity contribution in [2.45, 2.75) is 26.9 Å². The number of nitrogens with zero attached hydrogens (tertiary/aromatic N) is 2. The Morgan fingerprint density at radius 2 is 1.95 bits per heavy atom. The number of nitrogens with one attached hydrogen (secondary N) is 2. The minimum Gasteiger partial charge on any atom is -0.491 e. The molecule has 116 valence electrons. The third kappa shape index (κ3) is 4.77. The molecule has 0 amide bonds. The Morgan fingerprint density at radius 3 is 2.59 bits per heavy atom. The van der Waals surface area contributed by atoms with E-state index in [2.05, 4.69) is 27.2 Å². The molecule has 2 aromatic rings. The van der Waals surface area contributed by atoms with Crippen LogP contribution < -0.4 is 15.4 Å². The average molecular weight is 298 g/mol. The third-order valence-corrected chi connectivity index (χ3v) is 2.76. The van der Waals surface area contributed by atoms with E-state index >= 15 is 0 Å². The number of hydrogen-bond acceptors (Lipinski definition) is 5. The molecule has 1 aromatic heterocycles. The molecule has 1 heterocycles. The van der Waals surface area contributed by atoms with Crippen LogP contribution in [0.3, 0.4) is 0 Å². The molecule has 5 nitrogen and oxygen atoms in total. The maximum absolute atomic E-state index is 5.63. The standard InChI is InChI=1S/C17H22N4O/c1-5-10-18-17-19-13(4)11-16(21-17)20-14-6-8-15(9-7-14)22-12(2)3/h5-9,11-12H,1,10H2,2-4H3,(H2,18,19,20,21). The van der Waals surface area contributed by atoms with Crippen LogP contribution in [-0.2, 0) is 0 Å². The van der Waals surface area contributed by atoms with E-state index in [9.17, 15) is 0 Å². The minimum absolute atomic E-state index is 0.168. The summed E-state index contributed by atoms with van der Waals surface area (Å²) in [5.41, 5.74) is 1.84. The summed E-state index contributed by atoms with van der Waals surface area (Å²) in [7, 11) is 0. The molecule has 0 aliphatic heterocycles. The van der Waals surface area contributed by atoms with Crippen LogP contribution in [0.1, 0.15) is 19.5 Å². The molecule has 0 radical (unpaired) electrons. The second-order valence-electron chi connectivity index (χ2n) is 5.20. The van der Waals surface area contributed by atoms with Gasteiger partial charge in [0.1, 0.15) is 11.6 Å². The summed E-state index contributed by atoms with van der Waals surface area (Å²) in [5, 5.41) is 6.36. The Bertz CT molecular complexity index is 623. The van der Waals surface area contributed by atoms with Crippen molar-refractivity contribution in [2.24, 2.45) is 0 Å². The van der Waals surface area contributed by atoms with Crippen LogP contribution >= 0.6 is 0 Å². The van der Waals surface area contributed by atoms with Crippen LogP contribution in [0.25, 0.3) is 0 Å². The van der Waals surface area contributed by atoms with Crippen LogP contribution in [0.2, 0.25) is 0 Å². The minimum atomic E-state index is 0.168. The highest BCUT2D eigenvalue weighted by Crippen LogP contribution is 2.20. The average Bonchev–Trinajstić information content (AvgIpc) is 2.46. The van der Waals surface area contributed by atoms with Crippen molar-refractivity contribution in [1.29, 1.82) is 0 Å². The Hall–Kier alpha value is -2.56. The van der Waals surface area contributed by atoms with Gasteiger partial charge in [0.25, 0.3) is 0 Å². The van der Waals surface area contributed by atoms with Gasteiger partial charge in [0.15, 0.2) is 0 Å². The normalized spacial score (nSPS) is 10.4. The number of anilines is 3. The highest BCUT2D eigenvalue weighted by Gasteiger charge is 2.03. The van der Waals surface area contributed by atoms with Gasteiger partial charge in [-0.25, -0.2) is 4.98 Å². The molecule has 0 aliphatic rings. The van der Waals surface area contributed by atoms with E-state index in [1.807, 2.05) is 51.1 Å². The van der Waals surface area contributed by atoms with Gasteiger partial charge in [-0.15, -0.1) is 6.58 Å². The van der Waals surface area contributed by atoms with Crippen molar-refractivity contribution in [3.63, 3.8) is 0 Å². The molecule has 0 fully saturated rings. The highest BCUT2D eigenvalue weighted by atomic mass is 16.5. The maximum atomic E-state index is 5.63. The fraction of sp³-hybridized carbons (Fsp3) is 0.294. The van der Waals surface area contributed by atoms with Crippen molar-refractivity contribution in [1.82, 2.24) is 9.97 Å². The summed E-state index contributed by atoms with van der Waals surface area (Å²) in [4.78, 5) is 8.75. The van der Waals surface area contributed by atoms with Gasteiger partial charge >= 0.3 is 0 Å². The first kappa shape index (κ1) is 15.8. The molecule has 0 atom stereocenters. The lowest BCUT2D eigenvalue weighted by Gasteiger charge is -2.11. The molecule has 0 unspecified atom stereocenters. The van der Waals surface area contributed by atoms with Gasteiger partial charge < -0.3 is 15.4 Å². The molecule has 0 bridgehead atoms. The van der Waals surface area contributed by atoms with Gasteiger partial charge in [-0.05, 0) is 45.0 Å². The van der Waals surface area contributed by atoms with E-state index < -0.39 is 0 Å². The lowest BCUT2D eigenvalue weighted by atomic mass is 10.3. The summed E-state index contributed by atoms with van der Waals surface area (Å²) < 4.78 is 5.63. The number of ether oxygens (including phenoxy) is 1. The maximum Gasteiger partial charge on any atom is 0.225 e. The molecule has 0 spiro atoms. The zero-order valence-electron chi connectivity index (χ0n) is 13.3. The van der Waals surface area contributed by atoms with Gasteiger partial charge in [0.05, 0.1) is 6.10 Å². The predicted octanol–water partition coefficient (Wildman–Crippen LogP) is 3.91. The van der Waals surface area contributed by atoms with Gasteiger partial charge in [-0.2, -0.15) is 4.98 Å². The van der Waals surface area contributed by atoms with Gasteiger partial charge in [0, 0.05) is 24.0 Å². The van der Waals surface area contributed by atoms with Crippen molar-refractivity contribution in [2.75, 3.05) is 17.2 Å². The lowest BCUT2D eigenvalue weighted by Crippen LogP contribution is -2.06. The summed E-state index contributed by atoms with van der Waals surface area (Å²) in [6.45, 7) is 10.3. The molecule has 2 rings (SSSR count). The summed E-state index contributed by atoms with van der Waals surface area (Å²) >= 11 is 0. The van der Waals surface area contributed by atoms with Crippen LogP contribution in [0, 0.1) is 6.92 Å². The Kier molecular flexibility index (Phi) is 5.36. The molecule has 2 N–H and O–H groups in total. The van der Waals surface area contributed by atoms with Crippen LogP contribution in [0.5, 0.6) is 5.75 Å². The number of aryl methyl sites for hydroxylation is 1. The summed E-state index contributed by atoms with van der Waals surface area (Å²) in [6.07, 6.45) is 1.94. The number of benzene rings is 1. The molecular formula is C17H22N4O. The first-order valence-corrected chi connectivity index (χ1v) is 7.31. The summed E-state index contributed by atoms with van der Waals surface area (Å²) in [6, 6.07) is 9.70. The number of aromatic nitrogens is 2. The van der Waals surface area contributed by atoms with E-state index in [-0.39, 0.29) is 6.10 Å². The smallest absolute Gasteiger partial charge is 0.225 e. The van der Waals surface area contributed by atoms with Gasteiger partial charge in [0.2, 0.25) is 5.95 Å². The Balaban J connectivity index is 2.09. The molecule has 0 saturated carbocycles. The lowest BCUT2D eigenvalue weighted by molar-refractivity contribution is 0.242. The highest BCUT2D eigenvalue weighted by molar-refractivity contribution is 5.58. The van der Waals surface area contributed by atoms with Crippen LogP contribution in [0.15, 0.2) is 43.0 Å². The Labute approximate surface area is 131 Å². The fourth-order valence-corrected chi connectivity index (χ4v) is 1.91. The zero-order valence-corrected chi connectivity index (χ0v) is 13.3. The van der Waals surface area contributed by atoms with Crippen molar-refractivity contribution >= 4 is 17.5 Å². The van der Waals surface area contributed by atoms with Crippen LogP contribution in [0.4, 0.5) is 17.5 Å². The number of rotatable bonds is 7. The Morgan fingerprint density at radius 1 is 1.23 bits per heavy atom. The zero-order chi connectivity index (χ0) is 15.9. The quantitative estimate of drug-likeness (QED) is 0.759. The number of hydrogen-bond donors (Lipinski definition) is 2. The SMILES string of the molecule is C=CCNc1nc(C)cc(Nc2ccc(OC(C)C)cc2)n1. The van der Waals surface area contributed by atoms with E-state index in [1.165, 1.54) is 0 Å². The first-order valence-electron chi connectivity index (χ1n) is 7.31. The van der Waals surface area contributed by atoms with Gasteiger partial charge in [-0.1, -0.05) is 6.08 Å². The molecule has 1 aromatic carbocycles. The van der Waals surface area contributed by atoms with Crippen molar-refractivity contribution in [3.8, 4) is 5.75 Å². The monoisotopic (exact) mass is 298 g/mol. The second-order valence-corrected chi connectivity index (χ2v) is 5.20. The van der Waals surface area contributed by atoms with Crippen molar-refractivity contribution < 1.29 is 4.74 Å². The third-order valence-electron chi connectivity index (χ3n) is 2.76.